The first kappa shape index (κ1) is 10.6. The first-order valence-corrected chi connectivity index (χ1v) is 5.44. The predicted molar refractivity (Wildman–Crippen MR) is 54.2 cm³/mol. The molecule has 1 heterocycles. The van der Waals surface area contributed by atoms with E-state index in [0.29, 0.717) is 18.5 Å². The van der Waals surface area contributed by atoms with Crippen LogP contribution in [0.15, 0.2) is 10.9 Å². The van der Waals surface area contributed by atoms with Crippen LogP contribution < -0.4 is 5.32 Å². The highest BCUT2D eigenvalue weighted by Crippen LogP contribution is 2.21. The molecule has 5 nitrogen and oxygen atoms in total. The molecule has 0 aromatic carbocycles. The van der Waals surface area contributed by atoms with Gasteiger partial charge in [0.15, 0.2) is 5.82 Å². The fraction of sp³-hybridized carbons (Fsp3) is 0.800. The Bertz CT molecular complexity index is 276. The van der Waals surface area contributed by atoms with Gasteiger partial charge in [0.25, 0.3) is 0 Å². The SMILES string of the molecule is CNC1CCCCC1OCc1ncon1. The zero-order valence-corrected chi connectivity index (χ0v) is 8.98. The van der Waals surface area contributed by atoms with Crippen molar-refractivity contribution in [2.24, 2.45) is 0 Å². The third kappa shape index (κ3) is 2.76. The molecule has 1 saturated carbocycles. The van der Waals surface area contributed by atoms with Gasteiger partial charge < -0.3 is 14.6 Å². The fourth-order valence-electron chi connectivity index (χ4n) is 2.06. The number of hydrogen-bond acceptors (Lipinski definition) is 5. The number of ether oxygens (including phenoxy) is 1. The van der Waals surface area contributed by atoms with Crippen molar-refractivity contribution in [2.45, 2.75) is 44.4 Å². The second-order valence-electron chi connectivity index (χ2n) is 3.88. The maximum atomic E-state index is 5.78. The van der Waals surface area contributed by atoms with Crippen molar-refractivity contribution >= 4 is 0 Å². The second-order valence-corrected chi connectivity index (χ2v) is 3.88. The van der Waals surface area contributed by atoms with Gasteiger partial charge in [-0.15, -0.1) is 0 Å². The molecule has 0 aliphatic heterocycles. The lowest BCUT2D eigenvalue weighted by Gasteiger charge is -2.30. The lowest BCUT2D eigenvalue weighted by Crippen LogP contribution is -2.41. The molecule has 1 aromatic heterocycles. The van der Waals surface area contributed by atoms with Crippen LogP contribution in [0, 0.1) is 0 Å². The van der Waals surface area contributed by atoms with E-state index in [2.05, 4.69) is 20.0 Å². The number of hydrogen-bond donors (Lipinski definition) is 1. The van der Waals surface area contributed by atoms with Gasteiger partial charge in [0.05, 0.1) is 6.10 Å². The van der Waals surface area contributed by atoms with Crippen LogP contribution in [0.25, 0.3) is 0 Å². The Balaban J connectivity index is 1.81. The summed E-state index contributed by atoms with van der Waals surface area (Å²) in [6.07, 6.45) is 6.44. The van der Waals surface area contributed by atoms with E-state index in [1.165, 1.54) is 25.7 Å². The summed E-state index contributed by atoms with van der Waals surface area (Å²) in [5.74, 6) is 0.621. The maximum Gasteiger partial charge on any atom is 0.213 e. The minimum absolute atomic E-state index is 0.280. The molecule has 0 saturated heterocycles. The molecule has 5 heteroatoms. The van der Waals surface area contributed by atoms with Crippen molar-refractivity contribution in [1.82, 2.24) is 15.5 Å². The molecule has 15 heavy (non-hydrogen) atoms. The van der Waals surface area contributed by atoms with Gasteiger partial charge >= 0.3 is 0 Å². The summed E-state index contributed by atoms with van der Waals surface area (Å²) in [6, 6.07) is 0.464. The molecule has 1 aliphatic rings. The van der Waals surface area contributed by atoms with Crippen molar-refractivity contribution < 1.29 is 9.26 Å². The maximum absolute atomic E-state index is 5.78. The summed E-state index contributed by atoms with van der Waals surface area (Å²) in [6.45, 7) is 0.444. The van der Waals surface area contributed by atoms with Crippen LogP contribution in [0.5, 0.6) is 0 Å². The topological polar surface area (TPSA) is 60.2 Å². The minimum Gasteiger partial charge on any atom is -0.368 e. The van der Waals surface area contributed by atoms with Gasteiger partial charge in [0.2, 0.25) is 6.39 Å². The van der Waals surface area contributed by atoms with Gasteiger partial charge in [-0.05, 0) is 19.9 Å². The van der Waals surface area contributed by atoms with Crippen LogP contribution >= 0.6 is 0 Å². The first-order valence-electron chi connectivity index (χ1n) is 5.44. The number of nitrogens with one attached hydrogen (secondary N) is 1. The van der Waals surface area contributed by atoms with Gasteiger partial charge in [0, 0.05) is 6.04 Å². The van der Waals surface area contributed by atoms with Crippen LogP contribution in [0.1, 0.15) is 31.5 Å². The monoisotopic (exact) mass is 211 g/mol. The minimum atomic E-state index is 0.280. The Morgan fingerprint density at radius 3 is 3.13 bits per heavy atom. The standard InChI is InChI=1S/C10H17N3O2/c1-11-8-4-2-3-5-9(8)14-6-10-12-7-15-13-10/h7-9,11H,2-6H2,1H3. The predicted octanol–water partition coefficient (Wildman–Crippen LogP) is 1.12. The van der Waals surface area contributed by atoms with E-state index in [1.807, 2.05) is 7.05 Å². The highest BCUT2D eigenvalue weighted by Gasteiger charge is 2.24. The third-order valence-corrected chi connectivity index (χ3v) is 2.91. The molecule has 0 amide bonds. The van der Waals surface area contributed by atoms with E-state index < -0.39 is 0 Å². The largest absolute Gasteiger partial charge is 0.368 e. The molecule has 2 rings (SSSR count). The lowest BCUT2D eigenvalue weighted by atomic mass is 9.92. The molecule has 1 aliphatic carbocycles. The Morgan fingerprint density at radius 2 is 2.40 bits per heavy atom. The molecular formula is C10H17N3O2. The van der Waals surface area contributed by atoms with E-state index in [1.54, 1.807) is 0 Å². The van der Waals surface area contributed by atoms with Crippen molar-refractivity contribution in [3.05, 3.63) is 12.2 Å². The van der Waals surface area contributed by atoms with Crippen LogP contribution in [-0.2, 0) is 11.3 Å². The Kier molecular flexibility index (Phi) is 3.69. The molecular weight excluding hydrogens is 194 g/mol. The molecule has 1 N–H and O–H groups in total. The van der Waals surface area contributed by atoms with Gasteiger partial charge in [0.1, 0.15) is 6.61 Å². The lowest BCUT2D eigenvalue weighted by molar-refractivity contribution is -0.00715. The van der Waals surface area contributed by atoms with Crippen molar-refractivity contribution in [3.63, 3.8) is 0 Å². The van der Waals surface area contributed by atoms with Gasteiger partial charge in [-0.1, -0.05) is 18.0 Å². The molecule has 0 bridgehead atoms. The van der Waals surface area contributed by atoms with Crippen LogP contribution in [0.2, 0.25) is 0 Å². The van der Waals surface area contributed by atoms with Gasteiger partial charge in [-0.25, -0.2) is 0 Å². The van der Waals surface area contributed by atoms with Crippen molar-refractivity contribution in [1.29, 1.82) is 0 Å². The van der Waals surface area contributed by atoms with Crippen molar-refractivity contribution in [3.8, 4) is 0 Å². The molecule has 1 aromatic rings. The quantitative estimate of drug-likeness (QED) is 0.808. The number of aromatic nitrogens is 2. The van der Waals surface area contributed by atoms with Gasteiger partial charge in [-0.3, -0.25) is 0 Å². The zero-order valence-electron chi connectivity index (χ0n) is 8.98. The molecule has 0 spiro atoms. The molecule has 2 atom stereocenters. The summed E-state index contributed by atoms with van der Waals surface area (Å²) >= 11 is 0. The molecule has 2 unspecified atom stereocenters. The average Bonchev–Trinajstić information content (AvgIpc) is 2.79. The molecule has 0 radical (unpaired) electrons. The summed E-state index contributed by atoms with van der Waals surface area (Å²) in [5.41, 5.74) is 0. The van der Waals surface area contributed by atoms with Crippen LogP contribution in [0.3, 0.4) is 0 Å². The van der Waals surface area contributed by atoms with Crippen LogP contribution in [0.4, 0.5) is 0 Å². The highest BCUT2D eigenvalue weighted by molar-refractivity contribution is 4.82. The number of nitrogens with zero attached hydrogens (tertiary/aromatic N) is 2. The van der Waals surface area contributed by atoms with E-state index in [9.17, 15) is 0 Å². The normalized spacial score (nSPS) is 26.7. The Morgan fingerprint density at radius 1 is 1.53 bits per heavy atom. The zero-order chi connectivity index (χ0) is 10.5. The third-order valence-electron chi connectivity index (χ3n) is 2.91. The van der Waals surface area contributed by atoms with E-state index >= 15 is 0 Å². The highest BCUT2D eigenvalue weighted by atomic mass is 16.5. The molecule has 1 fully saturated rings. The number of rotatable bonds is 4. The average molecular weight is 211 g/mol. The van der Waals surface area contributed by atoms with Gasteiger partial charge in [-0.2, -0.15) is 4.98 Å². The Labute approximate surface area is 89.2 Å². The second kappa shape index (κ2) is 5.23. The van der Waals surface area contributed by atoms with E-state index in [4.69, 9.17) is 4.74 Å². The summed E-state index contributed by atoms with van der Waals surface area (Å²) in [7, 11) is 1.99. The molecule has 84 valence electrons. The van der Waals surface area contributed by atoms with Crippen molar-refractivity contribution in [2.75, 3.05) is 7.05 Å². The first-order chi connectivity index (χ1) is 7.40. The van der Waals surface area contributed by atoms with E-state index in [0.717, 1.165) is 6.42 Å². The van der Waals surface area contributed by atoms with E-state index in [-0.39, 0.29) is 6.10 Å². The van der Waals surface area contributed by atoms with Crippen LogP contribution in [-0.4, -0.2) is 29.3 Å². The number of likely N-dealkylation sites (N-methyl/N-ethyl adjacent to an activating group) is 1. The summed E-state index contributed by atoms with van der Waals surface area (Å²) in [4.78, 5) is 3.93. The Hall–Kier alpha value is -0.940. The fourth-order valence-corrected chi connectivity index (χ4v) is 2.06. The smallest absolute Gasteiger partial charge is 0.213 e. The summed E-state index contributed by atoms with van der Waals surface area (Å²) in [5, 5.41) is 7.01. The summed E-state index contributed by atoms with van der Waals surface area (Å²) < 4.78 is 10.4.